The summed E-state index contributed by atoms with van der Waals surface area (Å²) in [5.41, 5.74) is 0.873. The lowest BCUT2D eigenvalue weighted by molar-refractivity contribution is -0.0401. The molecule has 1 atom stereocenters. The van der Waals surface area contributed by atoms with Gasteiger partial charge < -0.3 is 14.4 Å². The molecule has 1 aliphatic heterocycles. The Morgan fingerprint density at radius 2 is 1.84 bits per heavy atom. The normalized spacial score (nSPS) is 15.9. The summed E-state index contributed by atoms with van der Waals surface area (Å²) in [4.78, 5) is 31.8. The van der Waals surface area contributed by atoms with Crippen molar-refractivity contribution in [3.8, 4) is 5.75 Å². The molecule has 1 saturated heterocycles. The van der Waals surface area contributed by atoms with Gasteiger partial charge in [-0.25, -0.2) is 9.37 Å². The van der Waals surface area contributed by atoms with E-state index in [1.54, 1.807) is 47.5 Å². The van der Waals surface area contributed by atoms with Crippen LogP contribution in [-0.4, -0.2) is 54.0 Å². The summed E-state index contributed by atoms with van der Waals surface area (Å²) in [6.45, 7) is 1.23. The number of amides is 1. The van der Waals surface area contributed by atoms with Gasteiger partial charge in [0.1, 0.15) is 18.5 Å². The Bertz CT molecular complexity index is 1120. The Labute approximate surface area is 189 Å². The molecular weight excluding hydrogens is 435 g/mol. The Morgan fingerprint density at radius 3 is 2.59 bits per heavy atom. The number of carbonyl (C=O) groups excluding carboxylic acids is 2. The maximum Gasteiger partial charge on any atom is 0.254 e. The summed E-state index contributed by atoms with van der Waals surface area (Å²) < 4.78 is 24.7. The molecule has 0 radical (unpaired) electrons. The smallest absolute Gasteiger partial charge is 0.254 e. The van der Waals surface area contributed by atoms with Crippen molar-refractivity contribution in [2.45, 2.75) is 6.10 Å². The van der Waals surface area contributed by atoms with Gasteiger partial charge in [-0.15, -0.1) is 0 Å². The van der Waals surface area contributed by atoms with E-state index in [2.05, 4.69) is 4.98 Å². The highest BCUT2D eigenvalue weighted by molar-refractivity contribution is 6.30. The minimum Gasteiger partial charge on any atom is -0.488 e. The van der Waals surface area contributed by atoms with E-state index in [4.69, 9.17) is 21.1 Å². The molecule has 8 heteroatoms. The third kappa shape index (κ3) is 4.95. The Kier molecular flexibility index (Phi) is 6.78. The van der Waals surface area contributed by atoms with Crippen LogP contribution in [0, 0.1) is 5.82 Å². The summed E-state index contributed by atoms with van der Waals surface area (Å²) in [6, 6.07) is 15.3. The summed E-state index contributed by atoms with van der Waals surface area (Å²) in [5.74, 6) is -0.603. The van der Waals surface area contributed by atoms with Crippen molar-refractivity contribution in [2.75, 3.05) is 26.3 Å². The fourth-order valence-corrected chi connectivity index (χ4v) is 3.63. The zero-order chi connectivity index (χ0) is 22.5. The van der Waals surface area contributed by atoms with Gasteiger partial charge in [0.25, 0.3) is 5.91 Å². The van der Waals surface area contributed by atoms with Crippen LogP contribution in [0.15, 0.2) is 66.9 Å². The van der Waals surface area contributed by atoms with E-state index in [9.17, 15) is 14.0 Å². The number of halogens is 2. The lowest BCUT2D eigenvalue weighted by Crippen LogP contribution is -2.47. The molecule has 3 aromatic rings. The summed E-state index contributed by atoms with van der Waals surface area (Å²) in [5, 5.41) is 0.254. The Hall–Kier alpha value is -3.29. The van der Waals surface area contributed by atoms with E-state index in [0.29, 0.717) is 36.6 Å². The predicted octanol–water partition coefficient (Wildman–Crippen LogP) is 4.03. The SMILES string of the molecule is O=C(c1ccc(F)cc1)c1ccccc1C(=O)N1CCOC(COc2cccnc2Cl)C1. The number of ether oxygens (including phenoxy) is 2. The van der Waals surface area contributed by atoms with Crippen LogP contribution in [0.4, 0.5) is 4.39 Å². The van der Waals surface area contributed by atoms with Crippen molar-refractivity contribution >= 4 is 23.3 Å². The van der Waals surface area contributed by atoms with Gasteiger partial charge >= 0.3 is 0 Å². The first-order valence-corrected chi connectivity index (χ1v) is 10.4. The van der Waals surface area contributed by atoms with Crippen LogP contribution in [0.2, 0.25) is 5.15 Å². The number of ketones is 1. The molecule has 0 N–H and O–H groups in total. The fourth-order valence-electron chi connectivity index (χ4n) is 3.46. The van der Waals surface area contributed by atoms with Crippen LogP contribution in [0.3, 0.4) is 0 Å². The minimum atomic E-state index is -0.430. The van der Waals surface area contributed by atoms with Gasteiger partial charge in [0.05, 0.1) is 18.7 Å². The zero-order valence-corrected chi connectivity index (χ0v) is 17.8. The monoisotopic (exact) mass is 454 g/mol. The third-order valence-electron chi connectivity index (χ3n) is 5.08. The molecule has 0 spiro atoms. The molecule has 0 saturated carbocycles. The van der Waals surface area contributed by atoms with Gasteiger partial charge in [-0.3, -0.25) is 9.59 Å². The van der Waals surface area contributed by atoms with Gasteiger partial charge in [0.2, 0.25) is 0 Å². The highest BCUT2D eigenvalue weighted by atomic mass is 35.5. The number of morpholine rings is 1. The van der Waals surface area contributed by atoms with Crippen molar-refractivity contribution in [3.05, 3.63) is 94.5 Å². The number of benzene rings is 2. The van der Waals surface area contributed by atoms with Crippen LogP contribution in [0.5, 0.6) is 5.75 Å². The Balaban J connectivity index is 1.47. The maximum absolute atomic E-state index is 13.3. The van der Waals surface area contributed by atoms with Crippen molar-refractivity contribution in [1.82, 2.24) is 9.88 Å². The standard InChI is InChI=1S/C24H20ClFN2O4/c25-23-21(6-3-11-27-23)32-15-18-14-28(12-13-31-18)24(30)20-5-2-1-4-19(20)22(29)16-7-9-17(26)10-8-16/h1-11,18H,12-15H2. The first kappa shape index (κ1) is 21.9. The summed E-state index contributed by atoms with van der Waals surface area (Å²) in [6.07, 6.45) is 1.21. The van der Waals surface area contributed by atoms with Crippen molar-refractivity contribution < 1.29 is 23.5 Å². The second-order valence-electron chi connectivity index (χ2n) is 7.23. The molecule has 32 heavy (non-hydrogen) atoms. The minimum absolute atomic E-state index is 0.200. The third-order valence-corrected chi connectivity index (χ3v) is 5.37. The van der Waals surface area contributed by atoms with E-state index in [0.717, 1.165) is 0 Å². The number of pyridine rings is 1. The number of rotatable bonds is 6. The van der Waals surface area contributed by atoms with Gasteiger partial charge in [0, 0.05) is 23.9 Å². The molecule has 0 aliphatic carbocycles. The number of nitrogens with zero attached hydrogens (tertiary/aromatic N) is 2. The van der Waals surface area contributed by atoms with Crippen molar-refractivity contribution in [1.29, 1.82) is 0 Å². The molecule has 1 fully saturated rings. The van der Waals surface area contributed by atoms with E-state index in [1.165, 1.54) is 24.3 Å². The highest BCUT2D eigenvalue weighted by Gasteiger charge is 2.28. The van der Waals surface area contributed by atoms with Crippen LogP contribution < -0.4 is 4.74 Å². The zero-order valence-electron chi connectivity index (χ0n) is 17.0. The van der Waals surface area contributed by atoms with Gasteiger partial charge in [-0.2, -0.15) is 0 Å². The second-order valence-corrected chi connectivity index (χ2v) is 7.59. The van der Waals surface area contributed by atoms with Crippen LogP contribution in [0.25, 0.3) is 0 Å². The van der Waals surface area contributed by atoms with Crippen molar-refractivity contribution in [3.63, 3.8) is 0 Å². The maximum atomic E-state index is 13.3. The summed E-state index contributed by atoms with van der Waals surface area (Å²) in [7, 11) is 0. The number of hydrogen-bond donors (Lipinski definition) is 0. The van der Waals surface area contributed by atoms with Gasteiger partial charge in [0.15, 0.2) is 16.7 Å². The van der Waals surface area contributed by atoms with Crippen LogP contribution >= 0.6 is 11.6 Å². The fraction of sp³-hybridized carbons (Fsp3) is 0.208. The second kappa shape index (κ2) is 9.89. The molecule has 1 amide bonds. The van der Waals surface area contributed by atoms with Crippen LogP contribution in [-0.2, 0) is 4.74 Å². The van der Waals surface area contributed by atoms with Crippen LogP contribution in [0.1, 0.15) is 26.3 Å². The van der Waals surface area contributed by atoms with E-state index in [-0.39, 0.29) is 35.1 Å². The Morgan fingerprint density at radius 1 is 1.09 bits per heavy atom. The lowest BCUT2D eigenvalue weighted by atomic mass is 9.97. The molecular formula is C24H20ClFN2O4. The van der Waals surface area contributed by atoms with Crippen molar-refractivity contribution in [2.24, 2.45) is 0 Å². The average Bonchev–Trinajstić information content (AvgIpc) is 2.83. The quantitative estimate of drug-likeness (QED) is 0.415. The van der Waals surface area contributed by atoms with E-state index < -0.39 is 5.82 Å². The molecule has 1 aromatic heterocycles. The van der Waals surface area contributed by atoms with E-state index >= 15 is 0 Å². The molecule has 164 valence electrons. The van der Waals surface area contributed by atoms with Gasteiger partial charge in [-0.05, 0) is 42.5 Å². The molecule has 0 bridgehead atoms. The lowest BCUT2D eigenvalue weighted by Gasteiger charge is -2.33. The first-order valence-electron chi connectivity index (χ1n) is 10.1. The van der Waals surface area contributed by atoms with E-state index in [1.807, 2.05) is 0 Å². The summed E-state index contributed by atoms with van der Waals surface area (Å²) >= 11 is 6.01. The van der Waals surface area contributed by atoms with Gasteiger partial charge in [-0.1, -0.05) is 29.8 Å². The largest absolute Gasteiger partial charge is 0.488 e. The first-order chi connectivity index (χ1) is 15.5. The topological polar surface area (TPSA) is 68.7 Å². The molecule has 2 aromatic carbocycles. The highest BCUT2D eigenvalue weighted by Crippen LogP contribution is 2.22. The number of carbonyl (C=O) groups is 2. The molecule has 6 nitrogen and oxygen atoms in total. The number of hydrogen-bond acceptors (Lipinski definition) is 5. The molecule has 1 unspecified atom stereocenters. The predicted molar refractivity (Wildman–Crippen MR) is 117 cm³/mol. The molecule has 1 aliphatic rings. The average molecular weight is 455 g/mol. The molecule has 4 rings (SSSR count). The molecule has 2 heterocycles. The number of aromatic nitrogens is 1.